The molecule has 0 unspecified atom stereocenters. The van der Waals surface area contributed by atoms with E-state index in [4.69, 9.17) is 30.4 Å². The lowest BCUT2D eigenvalue weighted by Gasteiger charge is -1.69. The van der Waals surface area contributed by atoms with E-state index in [1.54, 1.807) is 0 Å². The van der Waals surface area contributed by atoms with Crippen molar-refractivity contribution in [1.29, 1.82) is 0 Å². The van der Waals surface area contributed by atoms with E-state index in [1.807, 2.05) is 0 Å². The highest BCUT2D eigenvalue weighted by Gasteiger charge is 1.92. The van der Waals surface area contributed by atoms with Gasteiger partial charge in [0.05, 0.1) is 0 Å². The molecule has 9 nitrogen and oxygen atoms in total. The van der Waals surface area contributed by atoms with Crippen molar-refractivity contribution in [3.8, 4) is 0 Å². The molecule has 0 aliphatic heterocycles. The van der Waals surface area contributed by atoms with E-state index >= 15 is 0 Å². The number of hydrogen-bond donors (Lipinski definition) is 6. The lowest BCUT2D eigenvalue weighted by atomic mass is 10.3. The topological polar surface area (TPSA) is 173 Å². The SMILES string of the molecule is C=CC(=O)O.C=CC(=O)O.C=CC(=O)O.OB(O)O. The van der Waals surface area contributed by atoms with Crippen molar-refractivity contribution in [2.24, 2.45) is 0 Å². The largest absolute Gasteiger partial charge is 0.631 e. The van der Waals surface area contributed by atoms with Gasteiger partial charge < -0.3 is 30.4 Å². The Bertz CT molecular complexity index is 253. The third kappa shape index (κ3) is 225. The summed E-state index contributed by atoms with van der Waals surface area (Å²) in [5.41, 5.74) is 0. The molecule has 6 N–H and O–H groups in total. The van der Waals surface area contributed by atoms with Crippen LogP contribution in [0.5, 0.6) is 0 Å². The standard InChI is InChI=1S/3C3H4O2.BH3O3/c3*1-2-3(4)5;2-1(3)4/h3*2H,1H2,(H,4,5);2-4H. The van der Waals surface area contributed by atoms with Gasteiger partial charge in [0, 0.05) is 18.2 Å². The molecule has 0 spiro atoms. The van der Waals surface area contributed by atoms with Crippen LogP contribution in [0, 0.1) is 0 Å². The van der Waals surface area contributed by atoms with Crippen molar-refractivity contribution in [1.82, 2.24) is 0 Å². The van der Waals surface area contributed by atoms with E-state index in [2.05, 4.69) is 19.7 Å². The molecule has 0 bridgehead atoms. The van der Waals surface area contributed by atoms with Crippen LogP contribution in [0.2, 0.25) is 0 Å². The predicted molar refractivity (Wildman–Crippen MR) is 65.9 cm³/mol. The molecule has 108 valence electrons. The van der Waals surface area contributed by atoms with Crippen molar-refractivity contribution in [3.05, 3.63) is 38.0 Å². The van der Waals surface area contributed by atoms with E-state index in [9.17, 15) is 14.4 Å². The molecule has 0 saturated heterocycles. The second-order valence-electron chi connectivity index (χ2n) is 1.97. The molecule has 0 aliphatic rings. The fourth-order valence-electron chi connectivity index (χ4n) is 0. The van der Waals surface area contributed by atoms with Gasteiger partial charge in [-0.1, -0.05) is 19.7 Å². The van der Waals surface area contributed by atoms with Gasteiger partial charge in [-0.2, -0.15) is 0 Å². The van der Waals surface area contributed by atoms with Gasteiger partial charge in [0.25, 0.3) is 0 Å². The van der Waals surface area contributed by atoms with E-state index in [0.29, 0.717) is 0 Å². The van der Waals surface area contributed by atoms with Crippen LogP contribution < -0.4 is 0 Å². The quantitative estimate of drug-likeness (QED) is 0.271. The Balaban J connectivity index is -0.0000000793. The normalized spacial score (nSPS) is 6.47. The van der Waals surface area contributed by atoms with Crippen LogP contribution in [0.1, 0.15) is 0 Å². The van der Waals surface area contributed by atoms with Gasteiger partial charge in [0.15, 0.2) is 0 Å². The molecule has 10 heteroatoms. The number of carboxylic acid groups (broad SMARTS) is 3. The molecule has 0 heterocycles. The summed E-state index contributed by atoms with van der Waals surface area (Å²) in [6, 6.07) is 0. The first kappa shape index (κ1) is 25.4. The highest BCUT2D eigenvalue weighted by atomic mass is 16.5. The maximum absolute atomic E-state index is 9.25. The summed E-state index contributed by atoms with van der Waals surface area (Å²) in [5.74, 6) is -2.94. The number of carboxylic acids is 3. The van der Waals surface area contributed by atoms with E-state index in [-0.39, 0.29) is 0 Å². The molecule has 0 radical (unpaired) electrons. The van der Waals surface area contributed by atoms with Crippen molar-refractivity contribution in [2.45, 2.75) is 0 Å². The molecule has 19 heavy (non-hydrogen) atoms. The van der Waals surface area contributed by atoms with Crippen molar-refractivity contribution < 1.29 is 44.8 Å². The highest BCUT2D eigenvalue weighted by molar-refractivity contribution is 6.30. The van der Waals surface area contributed by atoms with Gasteiger partial charge in [-0.15, -0.1) is 0 Å². The second kappa shape index (κ2) is 20.9. The Kier molecular flexibility index (Phi) is 28.0. The number of rotatable bonds is 3. The second-order valence-corrected chi connectivity index (χ2v) is 1.97. The summed E-state index contributed by atoms with van der Waals surface area (Å²) in [5, 5.41) is 44.3. The molecule has 0 saturated carbocycles. The van der Waals surface area contributed by atoms with E-state index in [1.165, 1.54) is 0 Å². The molecule has 0 aromatic carbocycles. The number of hydrogen-bond acceptors (Lipinski definition) is 6. The van der Waals surface area contributed by atoms with E-state index in [0.717, 1.165) is 18.2 Å². The van der Waals surface area contributed by atoms with Crippen molar-refractivity contribution in [3.63, 3.8) is 0 Å². The summed E-state index contributed by atoms with van der Waals surface area (Å²) in [4.78, 5) is 27.8. The monoisotopic (exact) mass is 278 g/mol. The Hall–Kier alpha value is -2.43. The summed E-state index contributed by atoms with van der Waals surface area (Å²) in [6.45, 7) is 8.88. The molecule has 0 aliphatic carbocycles. The van der Waals surface area contributed by atoms with E-state index < -0.39 is 25.2 Å². The number of aliphatic carboxylic acids is 3. The molecule has 0 atom stereocenters. The fraction of sp³-hybridized carbons (Fsp3) is 0. The van der Waals surface area contributed by atoms with Crippen LogP contribution in [0.4, 0.5) is 0 Å². The first-order valence-corrected chi connectivity index (χ1v) is 4.15. The zero-order chi connectivity index (χ0) is 16.4. The first-order valence-electron chi connectivity index (χ1n) is 4.15. The van der Waals surface area contributed by atoms with Gasteiger partial charge in [0.1, 0.15) is 0 Å². The Morgan fingerprint density at radius 2 is 0.737 bits per heavy atom. The van der Waals surface area contributed by atoms with Gasteiger partial charge >= 0.3 is 25.2 Å². The summed E-state index contributed by atoms with van der Waals surface area (Å²) >= 11 is 0. The predicted octanol–water partition coefficient (Wildman–Crippen LogP) is -1.28. The molecule has 0 aromatic rings. The maximum atomic E-state index is 9.25. The zero-order valence-corrected chi connectivity index (χ0v) is 9.84. The smallest absolute Gasteiger partial charge is 0.478 e. The summed E-state index contributed by atoms with van der Waals surface area (Å²) in [7, 11) is -2.17. The average Bonchev–Trinajstić information content (AvgIpc) is 2.29. The first-order chi connectivity index (χ1) is 8.54. The van der Waals surface area contributed by atoms with Gasteiger partial charge in [-0.3, -0.25) is 0 Å². The minimum Gasteiger partial charge on any atom is -0.478 e. The molecular formula is C9H15BO9. The maximum Gasteiger partial charge on any atom is 0.631 e. The molecular weight excluding hydrogens is 263 g/mol. The van der Waals surface area contributed by atoms with Gasteiger partial charge in [-0.25, -0.2) is 14.4 Å². The third-order valence-electron chi connectivity index (χ3n) is 0.524. The minimum atomic E-state index is -2.17. The lowest BCUT2D eigenvalue weighted by Crippen LogP contribution is -2.07. The van der Waals surface area contributed by atoms with Gasteiger partial charge in [0.2, 0.25) is 0 Å². The Morgan fingerprint density at radius 1 is 0.684 bits per heavy atom. The molecule has 0 rings (SSSR count). The van der Waals surface area contributed by atoms with Crippen LogP contribution in [-0.4, -0.2) is 55.6 Å². The molecule has 0 amide bonds. The third-order valence-corrected chi connectivity index (χ3v) is 0.524. The fourth-order valence-corrected chi connectivity index (χ4v) is 0. The van der Waals surface area contributed by atoms with Crippen LogP contribution in [-0.2, 0) is 14.4 Å². The minimum absolute atomic E-state index is 0.833. The van der Waals surface area contributed by atoms with Crippen molar-refractivity contribution >= 4 is 25.2 Å². The molecule has 0 fully saturated rings. The van der Waals surface area contributed by atoms with Gasteiger partial charge in [-0.05, 0) is 0 Å². The summed E-state index contributed by atoms with van der Waals surface area (Å²) in [6.07, 6.45) is 2.50. The van der Waals surface area contributed by atoms with Crippen LogP contribution >= 0.6 is 0 Å². The lowest BCUT2D eigenvalue weighted by molar-refractivity contribution is -0.132. The highest BCUT2D eigenvalue weighted by Crippen LogP contribution is 1.55. The average molecular weight is 278 g/mol. The molecule has 0 aromatic heterocycles. The Labute approximate surface area is 109 Å². The van der Waals surface area contributed by atoms with Crippen LogP contribution in [0.3, 0.4) is 0 Å². The van der Waals surface area contributed by atoms with Crippen LogP contribution in [0.25, 0.3) is 0 Å². The zero-order valence-electron chi connectivity index (χ0n) is 9.84. The number of carbonyl (C=O) groups is 3. The van der Waals surface area contributed by atoms with Crippen LogP contribution in [0.15, 0.2) is 38.0 Å². The summed E-state index contributed by atoms with van der Waals surface area (Å²) < 4.78 is 0. The van der Waals surface area contributed by atoms with Crippen molar-refractivity contribution in [2.75, 3.05) is 0 Å². The Morgan fingerprint density at radius 3 is 0.737 bits per heavy atom.